The molecular formula is C15H22ClN2O2+. The van der Waals surface area contributed by atoms with Gasteiger partial charge in [-0.25, -0.2) is 0 Å². The summed E-state index contributed by atoms with van der Waals surface area (Å²) >= 11 is 5.83. The van der Waals surface area contributed by atoms with Crippen LogP contribution in [0.25, 0.3) is 0 Å². The molecule has 2 N–H and O–H groups in total. The van der Waals surface area contributed by atoms with Crippen molar-refractivity contribution in [1.29, 1.82) is 0 Å². The van der Waals surface area contributed by atoms with E-state index in [9.17, 15) is 4.79 Å². The second kappa shape index (κ2) is 7.07. The Hall–Kier alpha value is -1.10. The lowest BCUT2D eigenvalue weighted by Crippen LogP contribution is -3.16. The van der Waals surface area contributed by atoms with Crippen LogP contribution in [0.4, 0.5) is 0 Å². The molecule has 0 aliphatic carbocycles. The van der Waals surface area contributed by atoms with Crippen LogP contribution in [-0.4, -0.2) is 37.7 Å². The summed E-state index contributed by atoms with van der Waals surface area (Å²) in [6.45, 7) is 6.94. The Morgan fingerprint density at radius 2 is 1.90 bits per heavy atom. The van der Waals surface area contributed by atoms with Crippen molar-refractivity contribution in [2.45, 2.75) is 32.6 Å². The first-order chi connectivity index (χ1) is 9.52. The van der Waals surface area contributed by atoms with E-state index in [4.69, 9.17) is 16.3 Å². The Balaban J connectivity index is 1.76. The standard InChI is InChI=1S/C15H21ClN2O2/c1-11-8-18(9-12(2)20-11)10-15(19)17-7-13-3-5-14(16)6-4-13/h3-6,11-12H,7-10H2,1-2H3,(H,17,19)/p+1/t11-,12-/m0/s1. The van der Waals surface area contributed by atoms with E-state index in [2.05, 4.69) is 19.2 Å². The molecule has 20 heavy (non-hydrogen) atoms. The van der Waals surface area contributed by atoms with Crippen molar-refractivity contribution in [2.75, 3.05) is 19.6 Å². The van der Waals surface area contributed by atoms with Crippen LogP contribution in [-0.2, 0) is 16.1 Å². The quantitative estimate of drug-likeness (QED) is 0.857. The van der Waals surface area contributed by atoms with E-state index in [1.165, 1.54) is 4.90 Å². The van der Waals surface area contributed by atoms with Gasteiger partial charge >= 0.3 is 0 Å². The Kier molecular flexibility index (Phi) is 5.40. The second-order valence-corrected chi connectivity index (χ2v) is 5.93. The van der Waals surface area contributed by atoms with Gasteiger partial charge in [0.2, 0.25) is 0 Å². The molecule has 1 heterocycles. The van der Waals surface area contributed by atoms with Crippen LogP contribution in [0.3, 0.4) is 0 Å². The second-order valence-electron chi connectivity index (χ2n) is 5.50. The molecule has 1 aliphatic rings. The lowest BCUT2D eigenvalue weighted by molar-refractivity contribution is -0.907. The van der Waals surface area contributed by atoms with Gasteiger partial charge in [0.15, 0.2) is 6.54 Å². The predicted molar refractivity (Wildman–Crippen MR) is 78.9 cm³/mol. The fourth-order valence-corrected chi connectivity index (χ4v) is 2.75. The number of hydrogen-bond acceptors (Lipinski definition) is 2. The monoisotopic (exact) mass is 297 g/mol. The third-order valence-electron chi connectivity index (χ3n) is 3.43. The number of amides is 1. The van der Waals surface area contributed by atoms with Crippen LogP contribution in [0.5, 0.6) is 0 Å². The Labute approximate surface area is 125 Å². The maximum absolute atomic E-state index is 12.0. The predicted octanol–water partition coefficient (Wildman–Crippen LogP) is 0.648. The number of halogens is 1. The molecule has 1 fully saturated rings. The molecule has 0 bridgehead atoms. The smallest absolute Gasteiger partial charge is 0.275 e. The summed E-state index contributed by atoms with van der Waals surface area (Å²) in [5, 5.41) is 3.66. The molecule has 1 aliphatic heterocycles. The number of ether oxygens (including phenoxy) is 1. The van der Waals surface area contributed by atoms with Crippen LogP contribution >= 0.6 is 11.6 Å². The molecule has 0 aromatic heterocycles. The molecule has 2 atom stereocenters. The molecule has 0 spiro atoms. The molecule has 0 unspecified atom stereocenters. The van der Waals surface area contributed by atoms with E-state index in [0.29, 0.717) is 18.1 Å². The molecular weight excluding hydrogens is 276 g/mol. The van der Waals surface area contributed by atoms with Crippen LogP contribution in [0.15, 0.2) is 24.3 Å². The summed E-state index contributed by atoms with van der Waals surface area (Å²) in [5.74, 6) is 0.0799. The Morgan fingerprint density at radius 1 is 1.30 bits per heavy atom. The van der Waals surface area contributed by atoms with E-state index in [0.717, 1.165) is 18.7 Å². The van der Waals surface area contributed by atoms with E-state index in [1.807, 2.05) is 24.3 Å². The minimum Gasteiger partial charge on any atom is -0.364 e. The van der Waals surface area contributed by atoms with Crippen molar-refractivity contribution in [3.8, 4) is 0 Å². The lowest BCUT2D eigenvalue weighted by Gasteiger charge is -2.31. The van der Waals surface area contributed by atoms with Crippen molar-refractivity contribution in [2.24, 2.45) is 0 Å². The average Bonchev–Trinajstić information content (AvgIpc) is 2.37. The van der Waals surface area contributed by atoms with Gasteiger partial charge in [-0.2, -0.15) is 0 Å². The fraction of sp³-hybridized carbons (Fsp3) is 0.533. The van der Waals surface area contributed by atoms with E-state index in [1.54, 1.807) is 0 Å². The Morgan fingerprint density at radius 3 is 2.50 bits per heavy atom. The number of quaternary nitrogens is 1. The molecule has 1 amide bonds. The largest absolute Gasteiger partial charge is 0.364 e. The highest BCUT2D eigenvalue weighted by Gasteiger charge is 2.26. The zero-order chi connectivity index (χ0) is 14.5. The molecule has 1 aromatic rings. The number of morpholine rings is 1. The molecule has 4 nitrogen and oxygen atoms in total. The van der Waals surface area contributed by atoms with Gasteiger partial charge in [-0.3, -0.25) is 4.79 Å². The summed E-state index contributed by atoms with van der Waals surface area (Å²) in [4.78, 5) is 13.2. The molecule has 1 saturated heterocycles. The summed E-state index contributed by atoms with van der Waals surface area (Å²) in [5.41, 5.74) is 1.06. The Bertz CT molecular complexity index is 440. The number of benzene rings is 1. The summed E-state index contributed by atoms with van der Waals surface area (Å²) < 4.78 is 5.67. The highest BCUT2D eigenvalue weighted by molar-refractivity contribution is 6.30. The highest BCUT2D eigenvalue weighted by Crippen LogP contribution is 2.08. The minimum atomic E-state index is 0.0799. The van der Waals surface area contributed by atoms with Crippen molar-refractivity contribution in [1.82, 2.24) is 5.32 Å². The van der Waals surface area contributed by atoms with E-state index in [-0.39, 0.29) is 18.1 Å². The summed E-state index contributed by atoms with van der Waals surface area (Å²) in [6.07, 6.45) is 0.440. The molecule has 0 radical (unpaired) electrons. The lowest BCUT2D eigenvalue weighted by atomic mass is 10.2. The van der Waals surface area contributed by atoms with Crippen molar-refractivity contribution in [3.05, 3.63) is 34.9 Å². The van der Waals surface area contributed by atoms with Gasteiger partial charge in [-0.1, -0.05) is 23.7 Å². The van der Waals surface area contributed by atoms with E-state index < -0.39 is 0 Å². The maximum atomic E-state index is 12.0. The number of carbonyl (C=O) groups is 1. The highest BCUT2D eigenvalue weighted by atomic mass is 35.5. The van der Waals surface area contributed by atoms with Gasteiger partial charge in [0.1, 0.15) is 25.3 Å². The molecule has 2 rings (SSSR count). The third-order valence-corrected chi connectivity index (χ3v) is 3.68. The third kappa shape index (κ3) is 4.78. The summed E-state index contributed by atoms with van der Waals surface area (Å²) in [7, 11) is 0. The van der Waals surface area contributed by atoms with E-state index >= 15 is 0 Å². The van der Waals surface area contributed by atoms with Crippen molar-refractivity contribution >= 4 is 17.5 Å². The molecule has 1 aromatic carbocycles. The van der Waals surface area contributed by atoms with Gasteiger partial charge in [-0.15, -0.1) is 0 Å². The van der Waals surface area contributed by atoms with Crippen LogP contribution < -0.4 is 10.2 Å². The van der Waals surface area contributed by atoms with Crippen molar-refractivity contribution < 1.29 is 14.4 Å². The van der Waals surface area contributed by atoms with Gasteiger partial charge in [0.05, 0.1) is 0 Å². The first kappa shape index (κ1) is 15.3. The first-order valence-corrected chi connectivity index (χ1v) is 7.41. The number of rotatable bonds is 4. The fourth-order valence-electron chi connectivity index (χ4n) is 2.63. The van der Waals surface area contributed by atoms with Gasteiger partial charge in [0.25, 0.3) is 5.91 Å². The molecule has 5 heteroatoms. The normalized spacial score (nSPS) is 26.2. The number of hydrogen-bond donors (Lipinski definition) is 2. The first-order valence-electron chi connectivity index (χ1n) is 7.03. The van der Waals surface area contributed by atoms with Gasteiger partial charge in [-0.05, 0) is 31.5 Å². The minimum absolute atomic E-state index is 0.0799. The van der Waals surface area contributed by atoms with Crippen molar-refractivity contribution in [3.63, 3.8) is 0 Å². The van der Waals surface area contributed by atoms with Gasteiger partial charge in [0, 0.05) is 11.6 Å². The topological polar surface area (TPSA) is 42.8 Å². The van der Waals surface area contributed by atoms with Crippen LogP contribution in [0.1, 0.15) is 19.4 Å². The number of carbonyl (C=O) groups excluding carboxylic acids is 1. The molecule has 110 valence electrons. The molecule has 0 saturated carbocycles. The van der Waals surface area contributed by atoms with Gasteiger partial charge < -0.3 is 15.0 Å². The average molecular weight is 298 g/mol. The maximum Gasteiger partial charge on any atom is 0.275 e. The SMILES string of the molecule is C[C@H]1C[NH+](CC(=O)NCc2ccc(Cl)cc2)C[C@H](C)O1. The zero-order valence-corrected chi connectivity index (χ0v) is 12.7. The zero-order valence-electron chi connectivity index (χ0n) is 12.0. The van der Waals surface area contributed by atoms with Crippen LogP contribution in [0.2, 0.25) is 5.02 Å². The summed E-state index contributed by atoms with van der Waals surface area (Å²) in [6, 6.07) is 7.52. The number of nitrogens with one attached hydrogen (secondary N) is 2. The van der Waals surface area contributed by atoms with Crippen LogP contribution in [0, 0.1) is 0 Å².